The van der Waals surface area contributed by atoms with E-state index in [-0.39, 0.29) is 11.3 Å². The average Bonchev–Trinajstić information content (AvgIpc) is 3.35. The summed E-state index contributed by atoms with van der Waals surface area (Å²) in [5.74, 6) is -1.25. The van der Waals surface area contributed by atoms with Crippen molar-refractivity contribution in [3.8, 4) is 0 Å². The number of hydrogen-bond donors (Lipinski definition) is 1. The smallest absolute Gasteiger partial charge is 0.301 e. The van der Waals surface area contributed by atoms with Crippen LogP contribution in [0.5, 0.6) is 0 Å². The molecule has 30 heavy (non-hydrogen) atoms. The van der Waals surface area contributed by atoms with Crippen LogP contribution in [0, 0.1) is 0 Å². The van der Waals surface area contributed by atoms with Crippen LogP contribution in [-0.4, -0.2) is 21.8 Å². The molecule has 0 spiro atoms. The van der Waals surface area contributed by atoms with Gasteiger partial charge in [0.2, 0.25) is 0 Å². The van der Waals surface area contributed by atoms with Gasteiger partial charge in [-0.05, 0) is 29.2 Å². The van der Waals surface area contributed by atoms with E-state index in [1.54, 1.807) is 35.8 Å². The number of ketones is 1. The lowest BCUT2D eigenvalue weighted by Gasteiger charge is -2.23. The molecule has 1 aliphatic rings. The van der Waals surface area contributed by atoms with Crippen LogP contribution >= 0.6 is 27.3 Å². The monoisotopic (exact) mass is 482 g/mol. The molecule has 0 aliphatic carbocycles. The first-order chi connectivity index (χ1) is 14.4. The lowest BCUT2D eigenvalue weighted by atomic mass is 9.93. The van der Waals surface area contributed by atoms with Gasteiger partial charge in [0.1, 0.15) is 5.76 Å². The Kier molecular flexibility index (Phi) is 5.58. The fraction of sp³-hybridized carbons (Fsp3) is 0.174. The van der Waals surface area contributed by atoms with Crippen LogP contribution in [0.3, 0.4) is 0 Å². The van der Waals surface area contributed by atoms with E-state index < -0.39 is 17.7 Å². The summed E-state index contributed by atoms with van der Waals surface area (Å²) in [4.78, 5) is 31.6. The molecule has 4 rings (SSSR count). The first-order valence-electron chi connectivity index (χ1n) is 9.44. The van der Waals surface area contributed by atoms with Crippen molar-refractivity contribution in [2.45, 2.75) is 25.8 Å². The highest BCUT2D eigenvalue weighted by Crippen LogP contribution is 2.42. The van der Waals surface area contributed by atoms with Gasteiger partial charge in [-0.1, -0.05) is 66.2 Å². The maximum absolute atomic E-state index is 13.0. The van der Waals surface area contributed by atoms with E-state index in [0.717, 1.165) is 15.6 Å². The largest absolute Gasteiger partial charge is 0.507 e. The number of thiazole rings is 1. The molecule has 2 aromatic carbocycles. The van der Waals surface area contributed by atoms with E-state index in [0.29, 0.717) is 16.6 Å². The van der Waals surface area contributed by atoms with Crippen LogP contribution in [0.25, 0.3) is 5.76 Å². The highest BCUT2D eigenvalue weighted by Gasteiger charge is 2.47. The SMILES string of the molecule is CC(C)c1ccc([C@H]2/C(=C(\O)c3ccc(Br)cc3)C(=O)C(=O)N2c2nccs2)cc1. The van der Waals surface area contributed by atoms with E-state index in [9.17, 15) is 14.7 Å². The molecule has 152 valence electrons. The molecule has 0 unspecified atom stereocenters. The molecule has 7 heteroatoms. The van der Waals surface area contributed by atoms with Gasteiger partial charge < -0.3 is 5.11 Å². The molecule has 1 fully saturated rings. The highest BCUT2D eigenvalue weighted by atomic mass is 79.9. The van der Waals surface area contributed by atoms with Gasteiger partial charge in [0.05, 0.1) is 11.6 Å². The molecule has 1 amide bonds. The lowest BCUT2D eigenvalue weighted by Crippen LogP contribution is -2.29. The number of benzene rings is 2. The van der Waals surface area contributed by atoms with Crippen molar-refractivity contribution in [1.82, 2.24) is 4.98 Å². The number of Topliss-reactive ketones (excluding diaryl/α,β-unsaturated/α-hetero) is 1. The summed E-state index contributed by atoms with van der Waals surface area (Å²) in [6, 6.07) is 14.0. The zero-order valence-corrected chi connectivity index (χ0v) is 18.8. The number of carbonyl (C=O) groups excluding carboxylic acids is 2. The Hall–Kier alpha value is -2.77. The number of aliphatic hydroxyl groups is 1. The Morgan fingerprint density at radius 1 is 1.10 bits per heavy atom. The van der Waals surface area contributed by atoms with E-state index in [1.807, 2.05) is 24.3 Å². The topological polar surface area (TPSA) is 70.5 Å². The molecule has 1 N–H and O–H groups in total. The van der Waals surface area contributed by atoms with Gasteiger partial charge in [-0.3, -0.25) is 14.5 Å². The molecule has 0 bridgehead atoms. The summed E-state index contributed by atoms with van der Waals surface area (Å²) in [6.07, 6.45) is 1.59. The number of halogens is 1. The van der Waals surface area contributed by atoms with Gasteiger partial charge in [-0.15, -0.1) is 11.3 Å². The first-order valence-corrected chi connectivity index (χ1v) is 11.1. The summed E-state index contributed by atoms with van der Waals surface area (Å²) < 4.78 is 0.850. The van der Waals surface area contributed by atoms with Gasteiger partial charge in [0, 0.05) is 21.6 Å². The van der Waals surface area contributed by atoms with E-state index in [2.05, 4.69) is 34.8 Å². The number of nitrogens with zero attached hydrogens (tertiary/aromatic N) is 2. The minimum Gasteiger partial charge on any atom is -0.507 e. The third-order valence-corrected chi connectivity index (χ3v) is 6.41. The molecule has 0 radical (unpaired) electrons. The molecule has 2 heterocycles. The van der Waals surface area contributed by atoms with Gasteiger partial charge in [0.25, 0.3) is 5.78 Å². The van der Waals surface area contributed by atoms with Crippen molar-refractivity contribution in [1.29, 1.82) is 0 Å². The summed E-state index contributed by atoms with van der Waals surface area (Å²) in [5.41, 5.74) is 2.43. The van der Waals surface area contributed by atoms with Crippen LogP contribution in [0.2, 0.25) is 0 Å². The van der Waals surface area contributed by atoms with E-state index >= 15 is 0 Å². The second kappa shape index (κ2) is 8.16. The van der Waals surface area contributed by atoms with Crippen molar-refractivity contribution < 1.29 is 14.7 Å². The van der Waals surface area contributed by atoms with Crippen LogP contribution in [0.4, 0.5) is 5.13 Å². The zero-order valence-electron chi connectivity index (χ0n) is 16.4. The Balaban J connectivity index is 1.90. The van der Waals surface area contributed by atoms with Gasteiger partial charge in [0.15, 0.2) is 5.13 Å². The number of aliphatic hydroxyl groups excluding tert-OH is 1. The molecular weight excluding hydrogens is 464 g/mol. The average molecular weight is 483 g/mol. The van der Waals surface area contributed by atoms with E-state index in [4.69, 9.17) is 0 Å². The first kappa shape index (κ1) is 20.5. The second-order valence-electron chi connectivity index (χ2n) is 7.31. The Labute approximate surface area is 186 Å². The maximum Gasteiger partial charge on any atom is 0.301 e. The molecule has 0 saturated carbocycles. The molecular formula is C23H19BrN2O3S. The quantitative estimate of drug-likeness (QED) is 0.296. The van der Waals surface area contributed by atoms with Crippen LogP contribution in [0.15, 0.2) is 70.2 Å². The van der Waals surface area contributed by atoms with Crippen LogP contribution in [-0.2, 0) is 9.59 Å². The lowest BCUT2D eigenvalue weighted by molar-refractivity contribution is -0.132. The zero-order chi connectivity index (χ0) is 21.4. The summed E-state index contributed by atoms with van der Waals surface area (Å²) in [5, 5.41) is 13.2. The number of aromatic nitrogens is 1. The van der Waals surface area contributed by atoms with Gasteiger partial charge >= 0.3 is 5.91 Å². The summed E-state index contributed by atoms with van der Waals surface area (Å²) >= 11 is 4.64. The standard InChI is InChI=1S/C23H19BrN2O3S/c1-13(2)14-3-5-15(6-4-14)19-18(20(27)16-7-9-17(24)10-8-16)21(28)22(29)26(19)23-25-11-12-30-23/h3-13,19,27H,1-2H3/b20-18+/t19-/m0/s1. The minimum absolute atomic E-state index is 0.0646. The van der Waals surface area contributed by atoms with Gasteiger partial charge in [-0.25, -0.2) is 4.98 Å². The molecule has 5 nitrogen and oxygen atoms in total. The van der Waals surface area contributed by atoms with E-state index in [1.165, 1.54) is 16.2 Å². The van der Waals surface area contributed by atoms with Crippen molar-refractivity contribution in [3.05, 3.63) is 86.8 Å². The van der Waals surface area contributed by atoms with Crippen molar-refractivity contribution >= 4 is 49.8 Å². The molecule has 1 aliphatic heterocycles. The third-order valence-electron chi connectivity index (χ3n) is 5.11. The maximum atomic E-state index is 13.0. The molecule has 1 aromatic heterocycles. The number of carbonyl (C=O) groups is 2. The van der Waals surface area contributed by atoms with Gasteiger partial charge in [-0.2, -0.15) is 0 Å². The minimum atomic E-state index is -0.749. The van der Waals surface area contributed by atoms with Crippen LogP contribution < -0.4 is 4.90 Å². The Morgan fingerprint density at radius 2 is 1.77 bits per heavy atom. The second-order valence-corrected chi connectivity index (χ2v) is 9.10. The van der Waals surface area contributed by atoms with Crippen molar-refractivity contribution in [2.24, 2.45) is 0 Å². The molecule has 1 saturated heterocycles. The normalized spacial score (nSPS) is 18.4. The van der Waals surface area contributed by atoms with Crippen molar-refractivity contribution in [2.75, 3.05) is 4.90 Å². The third kappa shape index (κ3) is 3.59. The fourth-order valence-corrected chi connectivity index (χ4v) is 4.44. The Morgan fingerprint density at radius 3 is 2.33 bits per heavy atom. The summed E-state index contributed by atoms with van der Waals surface area (Å²) in [6.45, 7) is 4.20. The molecule has 3 aromatic rings. The van der Waals surface area contributed by atoms with Crippen LogP contribution in [0.1, 0.15) is 42.5 Å². The number of hydrogen-bond acceptors (Lipinski definition) is 5. The predicted octanol–water partition coefficient (Wildman–Crippen LogP) is 5.66. The summed E-state index contributed by atoms with van der Waals surface area (Å²) in [7, 11) is 0. The number of rotatable bonds is 4. The number of amides is 1. The highest BCUT2D eigenvalue weighted by molar-refractivity contribution is 9.10. The number of anilines is 1. The Bertz CT molecular complexity index is 1120. The predicted molar refractivity (Wildman–Crippen MR) is 122 cm³/mol. The van der Waals surface area contributed by atoms with Crippen molar-refractivity contribution in [3.63, 3.8) is 0 Å². The molecule has 1 atom stereocenters. The fourth-order valence-electron chi connectivity index (χ4n) is 3.51.